The Balaban J connectivity index is 1.85. The molecule has 4 nitrogen and oxygen atoms in total. The highest BCUT2D eigenvalue weighted by molar-refractivity contribution is 6.24. The maximum Gasteiger partial charge on any atom is 0.237 e. The summed E-state index contributed by atoms with van der Waals surface area (Å²) in [6.45, 7) is 6.01. The zero-order chi connectivity index (χ0) is 14.0. The Morgan fingerprint density at radius 1 is 1.35 bits per heavy atom. The second-order valence-corrected chi connectivity index (χ2v) is 6.50. The Hall–Kier alpha value is -0.870. The van der Waals surface area contributed by atoms with E-state index in [1.54, 1.807) is 12.4 Å². The fourth-order valence-electron chi connectivity index (χ4n) is 3.30. The van der Waals surface area contributed by atoms with E-state index in [1.807, 2.05) is 0 Å². The number of unbranched alkanes of at least 4 members (excludes halogenated alkanes) is 1. The van der Waals surface area contributed by atoms with Crippen LogP contribution in [0.5, 0.6) is 5.88 Å². The van der Waals surface area contributed by atoms with E-state index < -0.39 is 4.87 Å². The van der Waals surface area contributed by atoms with Crippen molar-refractivity contribution in [1.29, 1.82) is 0 Å². The summed E-state index contributed by atoms with van der Waals surface area (Å²) >= 11 is 6.99. The third-order valence-corrected chi connectivity index (χ3v) is 5.09. The summed E-state index contributed by atoms with van der Waals surface area (Å²) in [4.78, 5) is 10.9. The zero-order valence-corrected chi connectivity index (χ0v) is 12.8. The molecule has 4 rings (SSSR count). The Kier molecular flexibility index (Phi) is 4.13. The lowest BCUT2D eigenvalue weighted by atomic mass is 9.76. The van der Waals surface area contributed by atoms with Gasteiger partial charge in [-0.05, 0) is 38.3 Å². The van der Waals surface area contributed by atoms with Crippen LogP contribution in [-0.2, 0) is 4.87 Å². The van der Waals surface area contributed by atoms with Gasteiger partial charge in [-0.15, -0.1) is 11.6 Å². The van der Waals surface area contributed by atoms with Gasteiger partial charge in [0.1, 0.15) is 10.6 Å². The SMILES string of the molecule is CCCCOc1nccnc1C1(Cl)CN2CCC1CC2. The number of hydrogen-bond acceptors (Lipinski definition) is 4. The first-order valence-electron chi connectivity index (χ1n) is 7.59. The summed E-state index contributed by atoms with van der Waals surface area (Å²) in [5.41, 5.74) is 0.840. The molecule has 0 aliphatic carbocycles. The van der Waals surface area contributed by atoms with Gasteiger partial charge < -0.3 is 9.64 Å². The molecule has 0 saturated carbocycles. The molecule has 2 bridgehead atoms. The summed E-state index contributed by atoms with van der Waals surface area (Å²) in [6, 6.07) is 0. The molecular weight excluding hydrogens is 274 g/mol. The molecule has 4 heterocycles. The molecule has 1 unspecified atom stereocenters. The third-order valence-electron chi connectivity index (χ3n) is 4.48. The highest BCUT2D eigenvalue weighted by Crippen LogP contribution is 2.48. The van der Waals surface area contributed by atoms with Crippen molar-refractivity contribution >= 4 is 11.6 Å². The van der Waals surface area contributed by atoms with Crippen LogP contribution < -0.4 is 4.74 Å². The van der Waals surface area contributed by atoms with Gasteiger partial charge in [0.2, 0.25) is 5.88 Å². The number of nitrogens with zero attached hydrogens (tertiary/aromatic N) is 3. The summed E-state index contributed by atoms with van der Waals surface area (Å²) in [5, 5.41) is 0. The van der Waals surface area contributed by atoms with Crippen LogP contribution in [0.15, 0.2) is 12.4 Å². The number of halogens is 1. The van der Waals surface area contributed by atoms with Crippen molar-refractivity contribution in [2.75, 3.05) is 26.2 Å². The largest absolute Gasteiger partial charge is 0.476 e. The average molecular weight is 296 g/mol. The molecule has 0 aromatic carbocycles. The van der Waals surface area contributed by atoms with Crippen LogP contribution in [0.4, 0.5) is 0 Å². The van der Waals surface area contributed by atoms with E-state index in [-0.39, 0.29) is 0 Å². The minimum absolute atomic E-state index is 0.424. The van der Waals surface area contributed by atoms with E-state index in [2.05, 4.69) is 21.8 Å². The van der Waals surface area contributed by atoms with Crippen LogP contribution in [0.25, 0.3) is 0 Å². The Labute approximate surface area is 125 Å². The first kappa shape index (κ1) is 14.1. The quantitative estimate of drug-likeness (QED) is 0.618. The normalized spacial score (nSPS) is 32.3. The van der Waals surface area contributed by atoms with Crippen molar-refractivity contribution in [3.05, 3.63) is 18.1 Å². The van der Waals surface area contributed by atoms with Crippen LogP contribution in [0.3, 0.4) is 0 Å². The lowest BCUT2D eigenvalue weighted by Gasteiger charge is -2.49. The molecule has 3 fully saturated rings. The predicted molar refractivity (Wildman–Crippen MR) is 79.1 cm³/mol. The Bertz CT molecular complexity index is 462. The van der Waals surface area contributed by atoms with Gasteiger partial charge in [-0.2, -0.15) is 0 Å². The molecule has 3 saturated heterocycles. The summed E-state index contributed by atoms with van der Waals surface area (Å²) in [5.74, 6) is 1.11. The number of rotatable bonds is 5. The number of aromatic nitrogens is 2. The molecule has 0 N–H and O–H groups in total. The lowest BCUT2D eigenvalue weighted by Crippen LogP contribution is -2.54. The smallest absolute Gasteiger partial charge is 0.237 e. The lowest BCUT2D eigenvalue weighted by molar-refractivity contribution is 0.0625. The van der Waals surface area contributed by atoms with Gasteiger partial charge in [0.25, 0.3) is 0 Å². The standard InChI is InChI=1S/C15H22ClN3O/c1-2-3-10-20-14-13(17-6-7-18-14)15(16)11-19-8-4-12(15)5-9-19/h6-7,12H,2-5,8-11H2,1H3. The molecule has 1 aromatic heterocycles. The fourth-order valence-corrected chi connectivity index (χ4v) is 3.82. The molecule has 1 atom stereocenters. The van der Waals surface area contributed by atoms with Gasteiger partial charge in [0.05, 0.1) is 6.61 Å². The monoisotopic (exact) mass is 295 g/mol. The fraction of sp³-hybridized carbons (Fsp3) is 0.733. The highest BCUT2D eigenvalue weighted by atomic mass is 35.5. The van der Waals surface area contributed by atoms with E-state index in [9.17, 15) is 0 Å². The first-order valence-corrected chi connectivity index (χ1v) is 7.97. The molecule has 5 heteroatoms. The number of alkyl halides is 1. The minimum atomic E-state index is -0.424. The molecule has 0 amide bonds. The minimum Gasteiger partial charge on any atom is -0.476 e. The van der Waals surface area contributed by atoms with E-state index in [1.165, 1.54) is 0 Å². The molecule has 110 valence electrons. The molecule has 3 aliphatic heterocycles. The van der Waals surface area contributed by atoms with Gasteiger partial charge >= 0.3 is 0 Å². The van der Waals surface area contributed by atoms with Gasteiger partial charge in [-0.3, -0.25) is 4.98 Å². The van der Waals surface area contributed by atoms with Crippen LogP contribution in [0.2, 0.25) is 0 Å². The Morgan fingerprint density at radius 3 is 2.75 bits per heavy atom. The predicted octanol–water partition coefficient (Wildman–Crippen LogP) is 2.82. The van der Waals surface area contributed by atoms with Crippen LogP contribution in [0.1, 0.15) is 38.3 Å². The molecule has 1 aromatic rings. The van der Waals surface area contributed by atoms with Gasteiger partial charge in [-0.1, -0.05) is 13.3 Å². The maximum absolute atomic E-state index is 6.99. The van der Waals surface area contributed by atoms with Crippen molar-refractivity contribution in [3.63, 3.8) is 0 Å². The topological polar surface area (TPSA) is 38.3 Å². The van der Waals surface area contributed by atoms with Crippen molar-refractivity contribution in [2.45, 2.75) is 37.5 Å². The number of hydrogen-bond donors (Lipinski definition) is 0. The summed E-state index contributed by atoms with van der Waals surface area (Å²) in [6.07, 6.45) is 7.85. The van der Waals surface area contributed by atoms with E-state index in [0.717, 1.165) is 51.0 Å². The van der Waals surface area contributed by atoms with Crippen molar-refractivity contribution in [3.8, 4) is 5.88 Å². The molecular formula is C15H22ClN3O. The summed E-state index contributed by atoms with van der Waals surface area (Å²) in [7, 11) is 0. The van der Waals surface area contributed by atoms with Crippen molar-refractivity contribution in [1.82, 2.24) is 14.9 Å². The van der Waals surface area contributed by atoms with Gasteiger partial charge in [-0.25, -0.2) is 4.98 Å². The molecule has 0 radical (unpaired) electrons. The van der Waals surface area contributed by atoms with Crippen molar-refractivity contribution < 1.29 is 4.74 Å². The summed E-state index contributed by atoms with van der Waals surface area (Å²) < 4.78 is 5.83. The Morgan fingerprint density at radius 2 is 2.10 bits per heavy atom. The second-order valence-electron chi connectivity index (χ2n) is 5.83. The van der Waals surface area contributed by atoms with Crippen LogP contribution in [-0.4, -0.2) is 41.1 Å². The second kappa shape index (κ2) is 5.86. The van der Waals surface area contributed by atoms with Crippen LogP contribution >= 0.6 is 11.6 Å². The number of fused-ring (bicyclic) bond motifs is 3. The zero-order valence-electron chi connectivity index (χ0n) is 12.0. The first-order chi connectivity index (χ1) is 9.74. The van der Waals surface area contributed by atoms with E-state index in [4.69, 9.17) is 16.3 Å². The van der Waals surface area contributed by atoms with E-state index >= 15 is 0 Å². The highest BCUT2D eigenvalue weighted by Gasteiger charge is 2.49. The number of piperidine rings is 3. The van der Waals surface area contributed by atoms with Crippen LogP contribution in [0, 0.1) is 5.92 Å². The average Bonchev–Trinajstić information content (AvgIpc) is 2.49. The van der Waals surface area contributed by atoms with Gasteiger partial charge in [0, 0.05) is 18.9 Å². The maximum atomic E-state index is 6.99. The molecule has 20 heavy (non-hydrogen) atoms. The molecule has 0 spiro atoms. The van der Waals surface area contributed by atoms with E-state index in [0.29, 0.717) is 18.4 Å². The number of ether oxygens (including phenoxy) is 1. The molecule has 3 aliphatic rings. The third kappa shape index (κ3) is 2.51. The van der Waals surface area contributed by atoms with Crippen molar-refractivity contribution in [2.24, 2.45) is 5.92 Å². The van der Waals surface area contributed by atoms with Gasteiger partial charge in [0.15, 0.2) is 0 Å².